The van der Waals surface area contributed by atoms with Gasteiger partial charge in [0.1, 0.15) is 4.99 Å². The second-order valence-corrected chi connectivity index (χ2v) is 5.97. The molecule has 1 saturated heterocycles. The van der Waals surface area contributed by atoms with Crippen LogP contribution >= 0.6 is 24.0 Å². The van der Waals surface area contributed by atoms with Crippen LogP contribution in [0.1, 0.15) is 17.5 Å². The lowest BCUT2D eigenvalue weighted by molar-refractivity contribution is 0.287. The van der Waals surface area contributed by atoms with Gasteiger partial charge in [0.05, 0.1) is 0 Å². The maximum Gasteiger partial charge on any atom is 0.103 e. The Morgan fingerprint density at radius 3 is 2.71 bits per heavy atom. The highest BCUT2D eigenvalue weighted by molar-refractivity contribution is 7.99. The molecule has 2 rings (SSSR count). The molecule has 17 heavy (non-hydrogen) atoms. The van der Waals surface area contributed by atoms with Gasteiger partial charge < -0.3 is 5.73 Å². The summed E-state index contributed by atoms with van der Waals surface area (Å²) in [5, 5.41) is 0. The first-order valence-electron chi connectivity index (χ1n) is 5.94. The van der Waals surface area contributed by atoms with E-state index in [1.54, 1.807) is 0 Å². The van der Waals surface area contributed by atoms with Crippen LogP contribution in [0.4, 0.5) is 0 Å². The van der Waals surface area contributed by atoms with Crippen LogP contribution in [0.25, 0.3) is 0 Å². The molecule has 0 radical (unpaired) electrons. The standard InChI is InChI=1S/C13H18N2S2/c14-13(16)12-4-2-11(3-5-12)10-15-6-1-8-17-9-7-15/h2-5H,1,6-10H2,(H2,14,16). The summed E-state index contributed by atoms with van der Waals surface area (Å²) in [5.74, 6) is 2.56. The third kappa shape index (κ3) is 3.98. The number of benzene rings is 1. The van der Waals surface area contributed by atoms with Crippen LogP contribution in [0.3, 0.4) is 0 Å². The Kier molecular flexibility index (Phi) is 4.83. The third-order valence-corrected chi connectivity index (χ3v) is 4.24. The molecule has 1 fully saturated rings. The number of hydrogen-bond donors (Lipinski definition) is 1. The molecule has 0 spiro atoms. The molecule has 1 aromatic rings. The van der Waals surface area contributed by atoms with E-state index >= 15 is 0 Å². The Hall–Kier alpha value is -0.580. The lowest BCUT2D eigenvalue weighted by atomic mass is 10.1. The predicted octanol–water partition coefficient (Wildman–Crippen LogP) is 2.26. The van der Waals surface area contributed by atoms with Gasteiger partial charge in [0.15, 0.2) is 0 Å². The van der Waals surface area contributed by atoms with Crippen molar-refractivity contribution >= 4 is 29.0 Å². The smallest absolute Gasteiger partial charge is 0.103 e. The first-order chi connectivity index (χ1) is 8.25. The molecular weight excluding hydrogens is 248 g/mol. The average Bonchev–Trinajstić information content (AvgIpc) is 2.58. The van der Waals surface area contributed by atoms with E-state index in [2.05, 4.69) is 28.8 Å². The van der Waals surface area contributed by atoms with Gasteiger partial charge in [0.2, 0.25) is 0 Å². The molecule has 0 amide bonds. The summed E-state index contributed by atoms with van der Waals surface area (Å²) in [5.41, 5.74) is 7.89. The SMILES string of the molecule is NC(=S)c1ccc(CN2CCCSCC2)cc1. The van der Waals surface area contributed by atoms with E-state index in [0.717, 1.165) is 12.1 Å². The van der Waals surface area contributed by atoms with E-state index < -0.39 is 0 Å². The first kappa shape index (κ1) is 12.9. The molecule has 1 aliphatic rings. The Morgan fingerprint density at radius 1 is 1.24 bits per heavy atom. The molecule has 0 unspecified atom stereocenters. The molecule has 1 aromatic carbocycles. The summed E-state index contributed by atoms with van der Waals surface area (Å²) in [7, 11) is 0. The molecule has 0 aromatic heterocycles. The zero-order chi connectivity index (χ0) is 12.1. The number of nitrogens with two attached hydrogens (primary N) is 1. The van der Waals surface area contributed by atoms with Crippen molar-refractivity contribution in [1.29, 1.82) is 0 Å². The van der Waals surface area contributed by atoms with Crippen LogP contribution in [0.2, 0.25) is 0 Å². The van der Waals surface area contributed by atoms with E-state index in [1.165, 1.54) is 36.6 Å². The van der Waals surface area contributed by atoms with Crippen LogP contribution in [-0.4, -0.2) is 34.5 Å². The first-order valence-corrected chi connectivity index (χ1v) is 7.51. The van der Waals surface area contributed by atoms with Crippen molar-refractivity contribution in [3.63, 3.8) is 0 Å². The van der Waals surface area contributed by atoms with Crippen molar-refractivity contribution in [2.45, 2.75) is 13.0 Å². The highest BCUT2D eigenvalue weighted by Crippen LogP contribution is 2.13. The minimum Gasteiger partial charge on any atom is -0.389 e. The van der Waals surface area contributed by atoms with E-state index in [-0.39, 0.29) is 0 Å². The quantitative estimate of drug-likeness (QED) is 0.850. The lowest BCUT2D eigenvalue weighted by Crippen LogP contribution is -2.25. The topological polar surface area (TPSA) is 29.3 Å². The van der Waals surface area contributed by atoms with E-state index in [0.29, 0.717) is 4.99 Å². The molecule has 2 N–H and O–H groups in total. The van der Waals surface area contributed by atoms with Crippen molar-refractivity contribution in [2.75, 3.05) is 24.6 Å². The molecule has 0 atom stereocenters. The highest BCUT2D eigenvalue weighted by Gasteiger charge is 2.09. The maximum atomic E-state index is 5.59. The fourth-order valence-corrected chi connectivity index (χ4v) is 3.05. The average molecular weight is 266 g/mol. The summed E-state index contributed by atoms with van der Waals surface area (Å²) in [6.07, 6.45) is 1.30. The highest BCUT2D eigenvalue weighted by atomic mass is 32.2. The summed E-state index contributed by atoms with van der Waals surface area (Å²) in [6.45, 7) is 3.45. The van der Waals surface area contributed by atoms with Crippen molar-refractivity contribution in [1.82, 2.24) is 4.90 Å². The molecule has 2 nitrogen and oxygen atoms in total. The molecule has 1 heterocycles. The lowest BCUT2D eigenvalue weighted by Gasteiger charge is -2.19. The molecule has 0 bridgehead atoms. The van der Waals surface area contributed by atoms with Gasteiger partial charge >= 0.3 is 0 Å². The van der Waals surface area contributed by atoms with Gasteiger partial charge in [-0.3, -0.25) is 4.90 Å². The fourth-order valence-electron chi connectivity index (χ4n) is 1.99. The Bertz CT molecular complexity index is 368. The largest absolute Gasteiger partial charge is 0.389 e. The van der Waals surface area contributed by atoms with Crippen molar-refractivity contribution in [3.8, 4) is 0 Å². The van der Waals surface area contributed by atoms with Crippen LogP contribution in [0.5, 0.6) is 0 Å². The van der Waals surface area contributed by atoms with Gasteiger partial charge in [0.25, 0.3) is 0 Å². The Balaban J connectivity index is 1.95. The molecule has 92 valence electrons. The van der Waals surface area contributed by atoms with Crippen molar-refractivity contribution in [3.05, 3.63) is 35.4 Å². The number of thiocarbonyl (C=S) groups is 1. The minimum absolute atomic E-state index is 0.475. The number of thioether (sulfide) groups is 1. The van der Waals surface area contributed by atoms with Crippen molar-refractivity contribution in [2.24, 2.45) is 5.73 Å². The normalized spacial score (nSPS) is 17.6. The Morgan fingerprint density at radius 2 is 2.00 bits per heavy atom. The van der Waals surface area contributed by atoms with Gasteiger partial charge in [-0.1, -0.05) is 36.5 Å². The van der Waals surface area contributed by atoms with Crippen molar-refractivity contribution < 1.29 is 0 Å². The van der Waals surface area contributed by atoms with E-state index in [1.807, 2.05) is 12.1 Å². The second kappa shape index (κ2) is 6.38. The zero-order valence-corrected chi connectivity index (χ0v) is 11.5. The number of hydrogen-bond acceptors (Lipinski definition) is 3. The maximum absolute atomic E-state index is 5.59. The second-order valence-electron chi connectivity index (χ2n) is 4.30. The van der Waals surface area contributed by atoms with E-state index in [9.17, 15) is 0 Å². The molecular formula is C13H18N2S2. The molecule has 1 aliphatic heterocycles. The third-order valence-electron chi connectivity index (χ3n) is 2.96. The predicted molar refractivity (Wildman–Crippen MR) is 79.5 cm³/mol. The van der Waals surface area contributed by atoms with E-state index in [4.69, 9.17) is 18.0 Å². The van der Waals surface area contributed by atoms with Crippen LogP contribution in [0, 0.1) is 0 Å². The summed E-state index contributed by atoms with van der Waals surface area (Å²) < 4.78 is 0. The van der Waals surface area contributed by atoms with Gasteiger partial charge in [-0.2, -0.15) is 11.8 Å². The zero-order valence-electron chi connectivity index (χ0n) is 9.89. The monoisotopic (exact) mass is 266 g/mol. The van der Waals surface area contributed by atoms with Crippen LogP contribution in [-0.2, 0) is 6.54 Å². The van der Waals surface area contributed by atoms with Gasteiger partial charge in [-0.05, 0) is 24.3 Å². The summed E-state index contributed by atoms with van der Waals surface area (Å²) in [4.78, 5) is 3.00. The van der Waals surface area contributed by atoms with Gasteiger partial charge in [0, 0.05) is 24.4 Å². The van der Waals surface area contributed by atoms with Crippen LogP contribution < -0.4 is 5.73 Å². The molecule has 0 saturated carbocycles. The number of rotatable bonds is 3. The van der Waals surface area contributed by atoms with Gasteiger partial charge in [-0.15, -0.1) is 0 Å². The Labute approximate surface area is 113 Å². The van der Waals surface area contributed by atoms with Gasteiger partial charge in [-0.25, -0.2) is 0 Å². The fraction of sp³-hybridized carbons (Fsp3) is 0.462. The minimum atomic E-state index is 0.475. The number of nitrogens with zero attached hydrogens (tertiary/aromatic N) is 1. The summed E-state index contributed by atoms with van der Waals surface area (Å²) in [6, 6.07) is 8.30. The molecule has 4 heteroatoms. The molecule has 0 aliphatic carbocycles. The van der Waals surface area contributed by atoms with Crippen LogP contribution in [0.15, 0.2) is 24.3 Å². The summed E-state index contributed by atoms with van der Waals surface area (Å²) >= 11 is 7.01.